The third-order valence-corrected chi connectivity index (χ3v) is 7.46. The zero-order valence-corrected chi connectivity index (χ0v) is 20.2. The molecule has 4 aromatic carbocycles. The third kappa shape index (κ3) is 3.95. The second-order valence-electron chi connectivity index (χ2n) is 8.38. The normalized spacial score (nSPS) is 15.1. The molecule has 0 aliphatic carbocycles. The van der Waals surface area contributed by atoms with Crippen molar-refractivity contribution in [3.63, 3.8) is 0 Å². The van der Waals surface area contributed by atoms with Crippen molar-refractivity contribution in [1.82, 2.24) is 4.57 Å². The average molecular weight is 495 g/mol. The molecule has 170 valence electrons. The molecular weight excluding hydrogens is 475 g/mol. The smallest absolute Gasteiger partial charge is 0.270 e. The molecule has 1 saturated heterocycles. The number of halogens is 1. The van der Waals surface area contributed by atoms with Gasteiger partial charge in [-0.2, -0.15) is 0 Å². The summed E-state index contributed by atoms with van der Waals surface area (Å²) in [6, 6.07) is 29.2. The maximum absolute atomic E-state index is 14.4. The van der Waals surface area contributed by atoms with E-state index < -0.39 is 5.82 Å². The summed E-state index contributed by atoms with van der Waals surface area (Å²) in [5, 5.41) is 3.47. The number of rotatable bonds is 4. The monoisotopic (exact) mass is 494 g/mol. The van der Waals surface area contributed by atoms with Crippen LogP contribution < -0.4 is 4.90 Å². The van der Waals surface area contributed by atoms with E-state index in [1.807, 2.05) is 30.3 Å². The number of anilines is 1. The number of fused-ring (bicyclic) bond motifs is 2. The summed E-state index contributed by atoms with van der Waals surface area (Å²) < 4.78 is 16.9. The zero-order chi connectivity index (χ0) is 23.9. The highest BCUT2D eigenvalue weighted by atomic mass is 32.2. The van der Waals surface area contributed by atoms with Crippen LogP contribution in [0.2, 0.25) is 0 Å². The van der Waals surface area contributed by atoms with Gasteiger partial charge in [0, 0.05) is 29.2 Å². The number of aromatic nitrogens is 1. The van der Waals surface area contributed by atoms with Crippen molar-refractivity contribution in [3.05, 3.63) is 119 Å². The molecule has 6 heteroatoms. The lowest BCUT2D eigenvalue weighted by molar-refractivity contribution is -0.113. The molecule has 0 saturated carbocycles. The van der Waals surface area contributed by atoms with Crippen molar-refractivity contribution in [3.8, 4) is 0 Å². The predicted octanol–water partition coefficient (Wildman–Crippen LogP) is 7.39. The van der Waals surface area contributed by atoms with E-state index in [0.29, 0.717) is 15.8 Å². The average Bonchev–Trinajstić information content (AvgIpc) is 3.35. The number of benzene rings is 4. The lowest BCUT2D eigenvalue weighted by Crippen LogP contribution is -2.28. The van der Waals surface area contributed by atoms with Gasteiger partial charge in [0.05, 0.1) is 10.6 Å². The van der Waals surface area contributed by atoms with Crippen molar-refractivity contribution in [2.24, 2.45) is 0 Å². The van der Waals surface area contributed by atoms with Gasteiger partial charge >= 0.3 is 0 Å². The van der Waals surface area contributed by atoms with Crippen molar-refractivity contribution >= 4 is 67.6 Å². The number of thioether (sulfide) groups is 1. The first kappa shape index (κ1) is 21.8. The van der Waals surface area contributed by atoms with Crippen LogP contribution in [0.3, 0.4) is 0 Å². The number of hydrogen-bond donors (Lipinski definition) is 0. The number of amides is 1. The third-order valence-electron chi connectivity index (χ3n) is 6.16. The van der Waals surface area contributed by atoms with E-state index in [-0.39, 0.29) is 11.6 Å². The molecular formula is C29H19FN2OS2. The summed E-state index contributed by atoms with van der Waals surface area (Å²) in [7, 11) is 0. The predicted molar refractivity (Wildman–Crippen MR) is 147 cm³/mol. The van der Waals surface area contributed by atoms with E-state index in [9.17, 15) is 9.18 Å². The number of thiocarbonyl (C=S) groups is 1. The zero-order valence-electron chi connectivity index (χ0n) is 18.5. The molecule has 5 aromatic rings. The Balaban J connectivity index is 1.38. The van der Waals surface area contributed by atoms with E-state index in [4.69, 9.17) is 12.2 Å². The van der Waals surface area contributed by atoms with Gasteiger partial charge < -0.3 is 4.57 Å². The van der Waals surface area contributed by atoms with Gasteiger partial charge in [0.1, 0.15) is 5.82 Å². The SMILES string of the molecule is O=C1/C(=C\c2cn(Cc3ccc4ccccc4c3)c3ccccc23)SC(=S)N1c1ccccc1F. The van der Waals surface area contributed by atoms with Crippen LogP contribution >= 0.6 is 24.0 Å². The molecule has 1 aliphatic rings. The molecule has 0 radical (unpaired) electrons. The summed E-state index contributed by atoms with van der Waals surface area (Å²) in [5.74, 6) is -0.784. The number of carbonyl (C=O) groups is 1. The van der Waals surface area contributed by atoms with Crippen molar-refractivity contribution < 1.29 is 9.18 Å². The topological polar surface area (TPSA) is 25.2 Å². The van der Waals surface area contributed by atoms with Crippen molar-refractivity contribution in [2.45, 2.75) is 6.54 Å². The van der Waals surface area contributed by atoms with Crippen LogP contribution in [0, 0.1) is 5.82 Å². The van der Waals surface area contributed by atoms with Gasteiger partial charge in [0.2, 0.25) is 0 Å². The molecule has 0 spiro atoms. The van der Waals surface area contributed by atoms with E-state index >= 15 is 0 Å². The van der Waals surface area contributed by atoms with Gasteiger partial charge in [0.25, 0.3) is 5.91 Å². The molecule has 0 bridgehead atoms. The first-order valence-electron chi connectivity index (χ1n) is 11.2. The van der Waals surface area contributed by atoms with E-state index in [1.54, 1.807) is 18.2 Å². The number of carbonyl (C=O) groups excluding carboxylic acids is 1. The summed E-state index contributed by atoms with van der Waals surface area (Å²) >= 11 is 6.63. The van der Waals surface area contributed by atoms with E-state index in [0.717, 1.165) is 16.5 Å². The van der Waals surface area contributed by atoms with Crippen molar-refractivity contribution in [1.29, 1.82) is 0 Å². The lowest BCUT2D eigenvalue weighted by Gasteiger charge is -2.14. The maximum Gasteiger partial charge on any atom is 0.270 e. The fourth-order valence-electron chi connectivity index (χ4n) is 4.50. The quantitative estimate of drug-likeness (QED) is 0.192. The molecule has 6 rings (SSSR count). The second kappa shape index (κ2) is 8.80. The van der Waals surface area contributed by atoms with Crippen LogP contribution in [0.1, 0.15) is 11.1 Å². The Labute approximate surface area is 211 Å². The van der Waals surface area contributed by atoms with Crippen LogP contribution in [-0.4, -0.2) is 14.8 Å². The first-order valence-corrected chi connectivity index (χ1v) is 12.4. The molecule has 1 aliphatic heterocycles. The Bertz CT molecular complexity index is 1670. The Morgan fingerprint density at radius 1 is 0.886 bits per heavy atom. The molecule has 35 heavy (non-hydrogen) atoms. The van der Waals surface area contributed by atoms with Gasteiger partial charge in [0.15, 0.2) is 4.32 Å². The number of hydrogen-bond acceptors (Lipinski definition) is 3. The van der Waals surface area contributed by atoms with Gasteiger partial charge in [-0.15, -0.1) is 0 Å². The molecule has 0 unspecified atom stereocenters. The Hall–Kier alpha value is -3.74. The van der Waals surface area contributed by atoms with Gasteiger partial charge in [-0.3, -0.25) is 9.69 Å². The van der Waals surface area contributed by atoms with Gasteiger partial charge in [-0.05, 0) is 46.7 Å². The Morgan fingerprint density at radius 3 is 2.49 bits per heavy atom. The fourth-order valence-corrected chi connectivity index (χ4v) is 5.78. The Kier molecular flexibility index (Phi) is 5.47. The minimum Gasteiger partial charge on any atom is -0.342 e. The van der Waals surface area contributed by atoms with Gasteiger partial charge in [-0.1, -0.05) is 90.7 Å². The van der Waals surface area contributed by atoms with Crippen LogP contribution in [0.4, 0.5) is 10.1 Å². The molecule has 0 N–H and O–H groups in total. The van der Waals surface area contributed by atoms with Crippen LogP contribution in [0.15, 0.2) is 102 Å². The minimum absolute atomic E-state index is 0.178. The largest absolute Gasteiger partial charge is 0.342 e. The standard InChI is InChI=1S/C29H19FN2OS2/c30-24-10-4-6-12-26(24)32-28(33)27(35-29(32)34)16-22-18-31(25-11-5-3-9-23(22)25)17-19-13-14-20-7-1-2-8-21(20)15-19/h1-16,18H,17H2/b27-16+. The van der Waals surface area contributed by atoms with E-state index in [1.165, 1.54) is 39.1 Å². The lowest BCUT2D eigenvalue weighted by atomic mass is 10.1. The molecule has 1 fully saturated rings. The molecule has 0 atom stereocenters. The van der Waals surface area contributed by atoms with Crippen LogP contribution in [0.5, 0.6) is 0 Å². The summed E-state index contributed by atoms with van der Waals surface area (Å²) in [6.07, 6.45) is 3.93. The van der Waals surface area contributed by atoms with E-state index in [2.05, 4.69) is 53.2 Å². The van der Waals surface area contributed by atoms with Crippen molar-refractivity contribution in [2.75, 3.05) is 4.90 Å². The van der Waals surface area contributed by atoms with Gasteiger partial charge in [-0.25, -0.2) is 4.39 Å². The molecule has 1 amide bonds. The second-order valence-corrected chi connectivity index (χ2v) is 10.1. The minimum atomic E-state index is -0.475. The van der Waals surface area contributed by atoms with Crippen LogP contribution in [-0.2, 0) is 11.3 Å². The number of nitrogens with zero attached hydrogens (tertiary/aromatic N) is 2. The summed E-state index contributed by atoms with van der Waals surface area (Å²) in [4.78, 5) is 15.0. The highest BCUT2D eigenvalue weighted by Gasteiger charge is 2.34. The number of para-hydroxylation sites is 2. The van der Waals surface area contributed by atoms with Crippen LogP contribution in [0.25, 0.3) is 27.8 Å². The molecule has 2 heterocycles. The first-order chi connectivity index (χ1) is 17.1. The highest BCUT2D eigenvalue weighted by Crippen LogP contribution is 2.38. The summed E-state index contributed by atoms with van der Waals surface area (Å²) in [5.41, 5.74) is 3.38. The molecule has 3 nitrogen and oxygen atoms in total. The Morgan fingerprint density at radius 2 is 1.63 bits per heavy atom. The highest BCUT2D eigenvalue weighted by molar-refractivity contribution is 8.27. The maximum atomic E-state index is 14.4. The molecule has 1 aromatic heterocycles. The fraction of sp³-hybridized carbons (Fsp3) is 0.0345. The summed E-state index contributed by atoms with van der Waals surface area (Å²) in [6.45, 7) is 0.704.